The molecule has 0 saturated heterocycles. The molecular weight excluding hydrogens is 190 g/mol. The fraction of sp³-hybridized carbons (Fsp3) is 0.333. The molecule has 1 aliphatic rings. The van der Waals surface area contributed by atoms with Crippen LogP contribution in [-0.4, -0.2) is 11.7 Å². The van der Waals surface area contributed by atoms with Gasteiger partial charge in [0.25, 0.3) is 11.7 Å². The van der Waals surface area contributed by atoms with Gasteiger partial charge in [0.15, 0.2) is 0 Å². The number of amides is 1. The van der Waals surface area contributed by atoms with E-state index < -0.39 is 11.7 Å². The lowest BCUT2D eigenvalue weighted by Gasteiger charge is -2.19. The second kappa shape index (κ2) is 2.92. The predicted molar refractivity (Wildman–Crippen MR) is 58.1 cm³/mol. The first-order chi connectivity index (χ1) is 6.89. The molecule has 2 rings (SSSR count). The normalized spacial score (nSPS) is 15.1. The second-order valence-electron chi connectivity index (χ2n) is 4.79. The second-order valence-corrected chi connectivity index (χ2v) is 4.79. The Hall–Kier alpha value is -1.64. The summed E-state index contributed by atoms with van der Waals surface area (Å²) in [6.45, 7) is 6.22. The maximum Gasteiger partial charge on any atom is 0.296 e. The van der Waals surface area contributed by atoms with Crippen LogP contribution in [0.3, 0.4) is 0 Å². The van der Waals surface area contributed by atoms with Gasteiger partial charge in [0.2, 0.25) is 0 Å². The van der Waals surface area contributed by atoms with E-state index in [1.54, 1.807) is 12.1 Å². The topological polar surface area (TPSA) is 46.2 Å². The van der Waals surface area contributed by atoms with Crippen LogP contribution >= 0.6 is 0 Å². The van der Waals surface area contributed by atoms with Crippen molar-refractivity contribution >= 4 is 17.4 Å². The van der Waals surface area contributed by atoms with E-state index >= 15 is 0 Å². The van der Waals surface area contributed by atoms with E-state index in [1.165, 1.54) is 0 Å². The minimum atomic E-state index is -0.531. The Morgan fingerprint density at radius 1 is 1.13 bits per heavy atom. The first kappa shape index (κ1) is 9.90. The summed E-state index contributed by atoms with van der Waals surface area (Å²) >= 11 is 0. The van der Waals surface area contributed by atoms with Crippen LogP contribution in [-0.2, 0) is 10.2 Å². The Labute approximate surface area is 88.5 Å². The number of nitrogens with one attached hydrogen (secondary N) is 1. The molecule has 0 aromatic heterocycles. The molecule has 15 heavy (non-hydrogen) atoms. The van der Waals surface area contributed by atoms with Crippen molar-refractivity contribution in [3.05, 3.63) is 29.3 Å². The van der Waals surface area contributed by atoms with E-state index in [2.05, 4.69) is 26.1 Å². The molecule has 0 unspecified atom stereocenters. The zero-order valence-electron chi connectivity index (χ0n) is 9.05. The zero-order valence-corrected chi connectivity index (χ0v) is 9.05. The molecule has 0 aliphatic carbocycles. The van der Waals surface area contributed by atoms with Crippen molar-refractivity contribution in [3.8, 4) is 0 Å². The molecule has 78 valence electrons. The van der Waals surface area contributed by atoms with Crippen LogP contribution in [0.25, 0.3) is 0 Å². The van der Waals surface area contributed by atoms with Crippen molar-refractivity contribution in [1.82, 2.24) is 0 Å². The summed E-state index contributed by atoms with van der Waals surface area (Å²) in [6.07, 6.45) is 0. The van der Waals surface area contributed by atoms with Crippen molar-refractivity contribution in [3.63, 3.8) is 0 Å². The molecule has 0 atom stereocenters. The van der Waals surface area contributed by atoms with Gasteiger partial charge in [0.05, 0.1) is 11.3 Å². The van der Waals surface area contributed by atoms with E-state index in [0.29, 0.717) is 11.3 Å². The molecule has 0 saturated carbocycles. The molecule has 1 aromatic carbocycles. The SMILES string of the molecule is CC(C)(C)c1ccc2c(c1)C(=O)C(=O)N2. The largest absolute Gasteiger partial charge is 0.318 e. The van der Waals surface area contributed by atoms with E-state index in [4.69, 9.17) is 0 Å². The average molecular weight is 203 g/mol. The van der Waals surface area contributed by atoms with Gasteiger partial charge in [-0.1, -0.05) is 26.8 Å². The number of rotatable bonds is 0. The Bertz CT molecular complexity index is 455. The van der Waals surface area contributed by atoms with Gasteiger partial charge in [0, 0.05) is 0 Å². The highest BCUT2D eigenvalue weighted by Crippen LogP contribution is 2.29. The van der Waals surface area contributed by atoms with Crippen LogP contribution in [0, 0.1) is 0 Å². The van der Waals surface area contributed by atoms with Gasteiger partial charge >= 0.3 is 0 Å². The van der Waals surface area contributed by atoms with Gasteiger partial charge in [-0.15, -0.1) is 0 Å². The molecule has 1 amide bonds. The van der Waals surface area contributed by atoms with Crippen LogP contribution in [0.4, 0.5) is 5.69 Å². The maximum absolute atomic E-state index is 11.5. The van der Waals surface area contributed by atoms with Gasteiger partial charge in [-0.2, -0.15) is 0 Å². The summed E-state index contributed by atoms with van der Waals surface area (Å²) in [4.78, 5) is 22.6. The monoisotopic (exact) mass is 203 g/mol. The molecule has 0 spiro atoms. The molecule has 3 nitrogen and oxygen atoms in total. The smallest absolute Gasteiger partial charge is 0.296 e. The Kier molecular flexibility index (Phi) is 1.93. The van der Waals surface area contributed by atoms with E-state index in [0.717, 1.165) is 5.56 Å². The zero-order chi connectivity index (χ0) is 11.2. The lowest BCUT2D eigenvalue weighted by atomic mass is 9.86. The average Bonchev–Trinajstić information content (AvgIpc) is 2.41. The number of Topliss-reactive ketones (excluding diaryl/α,β-unsaturated/α-hetero) is 1. The Morgan fingerprint density at radius 3 is 2.40 bits per heavy atom. The van der Waals surface area contributed by atoms with E-state index in [1.807, 2.05) is 6.07 Å². The Balaban J connectivity index is 2.54. The molecule has 1 aromatic rings. The molecule has 1 N–H and O–H groups in total. The number of hydrogen-bond acceptors (Lipinski definition) is 2. The summed E-state index contributed by atoms with van der Waals surface area (Å²) in [5, 5.41) is 2.54. The number of hydrogen-bond donors (Lipinski definition) is 1. The van der Waals surface area contributed by atoms with E-state index in [-0.39, 0.29) is 5.41 Å². The predicted octanol–water partition coefficient (Wildman–Crippen LogP) is 2.12. The molecule has 0 bridgehead atoms. The molecule has 3 heteroatoms. The fourth-order valence-corrected chi connectivity index (χ4v) is 1.61. The van der Waals surface area contributed by atoms with Gasteiger partial charge in [0.1, 0.15) is 0 Å². The highest BCUT2D eigenvalue weighted by Gasteiger charge is 2.29. The molecule has 1 heterocycles. The van der Waals surface area contributed by atoms with Gasteiger partial charge in [-0.25, -0.2) is 0 Å². The number of anilines is 1. The van der Waals surface area contributed by atoms with Crippen LogP contribution < -0.4 is 5.32 Å². The number of carbonyl (C=O) groups excluding carboxylic acids is 2. The van der Waals surface area contributed by atoms with Gasteiger partial charge in [-0.05, 0) is 23.1 Å². The summed E-state index contributed by atoms with van der Waals surface area (Å²) in [5.74, 6) is -0.966. The van der Waals surface area contributed by atoms with Gasteiger partial charge < -0.3 is 5.32 Å². The fourth-order valence-electron chi connectivity index (χ4n) is 1.61. The third-order valence-electron chi connectivity index (χ3n) is 2.58. The molecule has 1 aliphatic heterocycles. The summed E-state index contributed by atoms with van der Waals surface area (Å²) in [7, 11) is 0. The number of ketones is 1. The van der Waals surface area contributed by atoms with E-state index in [9.17, 15) is 9.59 Å². The van der Waals surface area contributed by atoms with Crippen molar-refractivity contribution in [2.75, 3.05) is 5.32 Å². The third kappa shape index (κ3) is 1.54. The Morgan fingerprint density at radius 2 is 1.80 bits per heavy atom. The lowest BCUT2D eigenvalue weighted by molar-refractivity contribution is -0.112. The molecule has 0 radical (unpaired) electrons. The summed E-state index contributed by atoms with van der Waals surface area (Å²) in [5.41, 5.74) is 2.16. The maximum atomic E-state index is 11.5. The first-order valence-electron chi connectivity index (χ1n) is 4.90. The molecule has 0 fully saturated rings. The summed E-state index contributed by atoms with van der Waals surface area (Å²) < 4.78 is 0. The van der Waals surface area contributed by atoms with Crippen LogP contribution in [0.1, 0.15) is 36.7 Å². The third-order valence-corrected chi connectivity index (χ3v) is 2.58. The number of fused-ring (bicyclic) bond motifs is 1. The minimum Gasteiger partial charge on any atom is -0.318 e. The number of carbonyl (C=O) groups is 2. The van der Waals surface area contributed by atoms with Crippen LogP contribution in [0.2, 0.25) is 0 Å². The molecular formula is C12H13NO2. The van der Waals surface area contributed by atoms with Gasteiger partial charge in [-0.3, -0.25) is 9.59 Å². The lowest BCUT2D eigenvalue weighted by Crippen LogP contribution is -2.13. The quantitative estimate of drug-likeness (QED) is 0.656. The standard InChI is InChI=1S/C12H13NO2/c1-12(2,3)7-4-5-9-8(6-7)10(14)11(15)13-9/h4-6H,1-3H3,(H,13,14,15). The highest BCUT2D eigenvalue weighted by atomic mass is 16.2. The summed E-state index contributed by atoms with van der Waals surface area (Å²) in [6, 6.07) is 5.53. The van der Waals surface area contributed by atoms with Crippen molar-refractivity contribution in [1.29, 1.82) is 0 Å². The van der Waals surface area contributed by atoms with Crippen molar-refractivity contribution < 1.29 is 9.59 Å². The van der Waals surface area contributed by atoms with Crippen molar-refractivity contribution in [2.45, 2.75) is 26.2 Å². The number of benzene rings is 1. The van der Waals surface area contributed by atoms with Crippen molar-refractivity contribution in [2.24, 2.45) is 0 Å². The highest BCUT2D eigenvalue weighted by molar-refractivity contribution is 6.51. The first-order valence-corrected chi connectivity index (χ1v) is 4.90. The minimum absolute atomic E-state index is 0.0129. The van der Waals surface area contributed by atoms with Crippen LogP contribution in [0.5, 0.6) is 0 Å². The van der Waals surface area contributed by atoms with Crippen LogP contribution in [0.15, 0.2) is 18.2 Å².